The Morgan fingerprint density at radius 1 is 1.50 bits per heavy atom. The summed E-state index contributed by atoms with van der Waals surface area (Å²) in [5.41, 5.74) is -0.268. The van der Waals surface area contributed by atoms with Crippen LogP contribution in [0.1, 0.15) is 42.6 Å². The molecule has 0 aliphatic carbocycles. The summed E-state index contributed by atoms with van der Waals surface area (Å²) in [6, 6.07) is -0.288. The molecular formula is C14H17B2F2N5O2S. The zero-order valence-electron chi connectivity index (χ0n) is 14.4. The predicted molar refractivity (Wildman–Crippen MR) is 93.7 cm³/mol. The summed E-state index contributed by atoms with van der Waals surface area (Å²) in [6.45, 7) is 2.42. The number of alkyl halides is 2. The number of methoxy groups -OCH3 is 1. The van der Waals surface area contributed by atoms with Crippen molar-refractivity contribution in [2.75, 3.05) is 13.7 Å². The molecule has 1 atom stereocenters. The van der Waals surface area contributed by atoms with Crippen LogP contribution >= 0.6 is 11.3 Å². The third kappa shape index (κ3) is 3.44. The average Bonchev–Trinajstić information content (AvgIpc) is 3.23. The number of carbonyl (C=O) groups excluding carboxylic acids is 1. The van der Waals surface area contributed by atoms with Crippen LogP contribution in [0.15, 0.2) is 0 Å². The topological polar surface area (TPSA) is 71.8 Å². The Hall–Kier alpha value is -1.68. The maximum atomic E-state index is 13.4. The van der Waals surface area contributed by atoms with Crippen LogP contribution in [0.3, 0.4) is 0 Å². The van der Waals surface area contributed by atoms with Crippen LogP contribution in [0, 0.1) is 0 Å². The zero-order valence-corrected chi connectivity index (χ0v) is 15.2. The number of halogens is 2. The molecule has 136 valence electrons. The molecule has 26 heavy (non-hydrogen) atoms. The monoisotopic (exact) mass is 379 g/mol. The van der Waals surface area contributed by atoms with Crippen molar-refractivity contribution in [1.29, 1.82) is 0 Å². The van der Waals surface area contributed by atoms with E-state index in [1.807, 2.05) is 6.92 Å². The lowest BCUT2D eigenvalue weighted by molar-refractivity contribution is 0.131. The second kappa shape index (κ2) is 7.15. The summed E-state index contributed by atoms with van der Waals surface area (Å²) in [5, 5.41) is 5.58. The van der Waals surface area contributed by atoms with Gasteiger partial charge < -0.3 is 15.0 Å². The number of carbonyl (C=O) groups is 1. The first-order valence-corrected chi connectivity index (χ1v) is 8.93. The number of nitrogens with zero attached hydrogens (tertiary/aromatic N) is 4. The molecule has 0 unspecified atom stereocenters. The Balaban J connectivity index is 1.95. The van der Waals surface area contributed by atoms with E-state index in [1.54, 1.807) is 0 Å². The lowest BCUT2D eigenvalue weighted by atomic mass is 9.66. The van der Waals surface area contributed by atoms with Crippen LogP contribution in [0.25, 0.3) is 4.96 Å². The second-order valence-corrected chi connectivity index (χ2v) is 7.11. The van der Waals surface area contributed by atoms with Gasteiger partial charge in [0.2, 0.25) is 4.96 Å². The Kier molecular flexibility index (Phi) is 5.25. The minimum Gasteiger partial charge on any atom is -0.391 e. The Bertz CT molecular complexity index is 813. The molecule has 0 spiro atoms. The minimum absolute atomic E-state index is 0.00568. The molecule has 4 radical (unpaired) electrons. The number of imidazole rings is 1. The van der Waals surface area contributed by atoms with E-state index < -0.39 is 17.5 Å². The van der Waals surface area contributed by atoms with Gasteiger partial charge in [-0.3, -0.25) is 0 Å². The summed E-state index contributed by atoms with van der Waals surface area (Å²) in [6.07, 6.45) is -1.05. The third-order valence-electron chi connectivity index (χ3n) is 4.24. The molecule has 2 amide bonds. The SMILES string of the molecule is [B]C([B])(OC)c1nn2c(CN3C[C@@H](CCC)NC3=O)c(C(F)F)nc2s1. The molecule has 3 rings (SSSR count). The molecular weight excluding hydrogens is 362 g/mol. The fraction of sp³-hybridized carbons (Fsp3) is 0.643. The van der Waals surface area contributed by atoms with Crippen molar-refractivity contribution in [2.24, 2.45) is 0 Å². The predicted octanol–water partition coefficient (Wildman–Crippen LogP) is 1.52. The van der Waals surface area contributed by atoms with Gasteiger partial charge in [-0.25, -0.2) is 23.1 Å². The lowest BCUT2D eigenvalue weighted by Gasteiger charge is -2.20. The number of amides is 2. The van der Waals surface area contributed by atoms with E-state index >= 15 is 0 Å². The van der Waals surface area contributed by atoms with Crippen LogP contribution in [0.2, 0.25) is 0 Å². The molecule has 12 heteroatoms. The second-order valence-electron chi connectivity index (χ2n) is 6.16. The van der Waals surface area contributed by atoms with E-state index in [0.29, 0.717) is 6.54 Å². The van der Waals surface area contributed by atoms with Gasteiger partial charge in [-0.05, 0) is 6.42 Å². The highest BCUT2D eigenvalue weighted by molar-refractivity contribution is 7.17. The first kappa shape index (κ1) is 19.1. The van der Waals surface area contributed by atoms with Crippen molar-refractivity contribution in [3.63, 3.8) is 0 Å². The third-order valence-corrected chi connectivity index (χ3v) is 5.28. The number of nitrogens with one attached hydrogen (secondary N) is 1. The van der Waals surface area contributed by atoms with Gasteiger partial charge in [0.05, 0.1) is 12.2 Å². The van der Waals surface area contributed by atoms with Gasteiger partial charge in [-0.2, -0.15) is 5.10 Å². The largest absolute Gasteiger partial charge is 0.391 e. The molecule has 0 aromatic carbocycles. The van der Waals surface area contributed by atoms with E-state index in [4.69, 9.17) is 20.4 Å². The highest BCUT2D eigenvalue weighted by Gasteiger charge is 2.33. The van der Waals surface area contributed by atoms with E-state index in [-0.39, 0.29) is 34.3 Å². The molecule has 0 bridgehead atoms. The van der Waals surface area contributed by atoms with Gasteiger partial charge in [0.25, 0.3) is 6.43 Å². The lowest BCUT2D eigenvalue weighted by Crippen LogP contribution is -2.30. The van der Waals surface area contributed by atoms with Gasteiger partial charge in [0, 0.05) is 25.1 Å². The molecule has 7 nitrogen and oxygen atoms in total. The summed E-state index contributed by atoms with van der Waals surface area (Å²) in [7, 11) is 12.9. The van der Waals surface area contributed by atoms with Crippen LogP contribution in [-0.2, 0) is 16.7 Å². The number of ether oxygens (including phenoxy) is 1. The fourth-order valence-corrected chi connectivity index (χ4v) is 3.78. The Morgan fingerprint density at radius 2 is 2.23 bits per heavy atom. The summed E-state index contributed by atoms with van der Waals surface area (Å²) in [4.78, 5) is 17.8. The number of hydrogen-bond acceptors (Lipinski definition) is 5. The molecule has 1 aliphatic rings. The Morgan fingerprint density at radius 3 is 2.85 bits per heavy atom. The first-order valence-electron chi connectivity index (χ1n) is 8.12. The molecule has 3 heterocycles. The standard InChI is InChI=1S/C14H17B2F2N5O2S/c1-3-4-7-5-22(12(24)19-7)6-8-9(10(17)18)20-13-23(8)21-11(26-13)14(15,16)25-2/h7,10H,3-6H2,1-2H3,(H,19,24)/t7-/m1/s1. The van der Waals surface area contributed by atoms with Gasteiger partial charge in [-0.1, -0.05) is 24.7 Å². The van der Waals surface area contributed by atoms with E-state index in [1.165, 1.54) is 16.5 Å². The summed E-state index contributed by atoms with van der Waals surface area (Å²) < 4.78 is 33.1. The number of aromatic nitrogens is 3. The van der Waals surface area contributed by atoms with Gasteiger partial charge in [0.1, 0.15) is 26.4 Å². The van der Waals surface area contributed by atoms with Crippen LogP contribution in [-0.4, -0.2) is 60.9 Å². The molecule has 1 fully saturated rings. The summed E-state index contributed by atoms with van der Waals surface area (Å²) in [5.74, 6) is 0. The molecule has 0 saturated carbocycles. The molecule has 1 aliphatic heterocycles. The molecule has 1 saturated heterocycles. The van der Waals surface area contributed by atoms with Crippen molar-refractivity contribution >= 4 is 38.0 Å². The maximum Gasteiger partial charge on any atom is 0.318 e. The zero-order chi connectivity index (χ0) is 19.1. The highest BCUT2D eigenvalue weighted by Crippen LogP contribution is 2.30. The van der Waals surface area contributed by atoms with E-state index in [2.05, 4.69) is 15.4 Å². The van der Waals surface area contributed by atoms with Crippen LogP contribution in [0.4, 0.5) is 13.6 Å². The number of hydrogen-bond donors (Lipinski definition) is 1. The van der Waals surface area contributed by atoms with Crippen LogP contribution < -0.4 is 5.32 Å². The number of urea groups is 1. The smallest absolute Gasteiger partial charge is 0.318 e. The van der Waals surface area contributed by atoms with Crippen LogP contribution in [0.5, 0.6) is 0 Å². The minimum atomic E-state index is -2.79. The highest BCUT2D eigenvalue weighted by atomic mass is 32.1. The van der Waals surface area contributed by atoms with E-state index in [0.717, 1.165) is 24.2 Å². The van der Waals surface area contributed by atoms with Crippen molar-refractivity contribution in [3.05, 3.63) is 16.4 Å². The first-order chi connectivity index (χ1) is 12.3. The quantitative estimate of drug-likeness (QED) is 0.741. The molecule has 2 aromatic heterocycles. The van der Waals surface area contributed by atoms with Crippen molar-refractivity contribution in [1.82, 2.24) is 24.8 Å². The van der Waals surface area contributed by atoms with Crippen molar-refractivity contribution in [2.45, 2.75) is 44.2 Å². The maximum absolute atomic E-state index is 13.4. The fourth-order valence-electron chi connectivity index (χ4n) is 2.86. The van der Waals surface area contributed by atoms with E-state index in [9.17, 15) is 13.6 Å². The molecule has 2 aromatic rings. The normalized spacial score (nSPS) is 18.3. The van der Waals surface area contributed by atoms with Gasteiger partial charge >= 0.3 is 6.03 Å². The number of fused-ring (bicyclic) bond motifs is 1. The number of rotatable bonds is 7. The van der Waals surface area contributed by atoms with Crippen molar-refractivity contribution in [3.8, 4) is 0 Å². The Labute approximate surface area is 155 Å². The van der Waals surface area contributed by atoms with Gasteiger partial charge in [-0.15, -0.1) is 0 Å². The molecule has 1 N–H and O–H groups in total. The average molecular weight is 379 g/mol. The van der Waals surface area contributed by atoms with Crippen molar-refractivity contribution < 1.29 is 18.3 Å². The summed E-state index contributed by atoms with van der Waals surface area (Å²) >= 11 is 0.962. The van der Waals surface area contributed by atoms with Gasteiger partial charge in [0.15, 0.2) is 0 Å².